The zero-order chi connectivity index (χ0) is 42.5. The van der Waals surface area contributed by atoms with Gasteiger partial charge in [-0.1, -0.05) is 243 Å². The van der Waals surface area contributed by atoms with Crippen LogP contribution in [0, 0.1) is 0 Å². The van der Waals surface area contributed by atoms with Gasteiger partial charge in [0.25, 0.3) is 0 Å². The Morgan fingerprint density at radius 2 is 0.387 bits per heavy atom. The molecule has 0 aliphatic rings. The largest absolute Gasteiger partial charge is 1.00 e. The van der Waals surface area contributed by atoms with Gasteiger partial charge in [-0.3, -0.25) is 0 Å². The van der Waals surface area contributed by atoms with Crippen LogP contribution in [0.4, 0.5) is 0 Å². The molecule has 0 aromatic heterocycles. The fourth-order valence-corrected chi connectivity index (χ4v) is 17.6. The molecule has 0 spiro atoms. The van der Waals surface area contributed by atoms with Gasteiger partial charge in [0, 0.05) is 6.26 Å². The van der Waals surface area contributed by atoms with Crippen molar-refractivity contribution < 1.29 is 35.4 Å². The van der Waals surface area contributed by atoms with E-state index < -0.39 is 10.1 Å². The molecule has 0 amide bonds. The Morgan fingerprint density at radius 1 is 0.290 bits per heavy atom. The van der Waals surface area contributed by atoms with Crippen LogP contribution >= 0.6 is 31.7 Å². The molecule has 0 atom stereocenters. The molecule has 62 heavy (non-hydrogen) atoms. The minimum absolute atomic E-state index is 0. The van der Waals surface area contributed by atoms with E-state index in [1.54, 1.807) is 0 Å². The predicted molar refractivity (Wildman–Crippen MR) is 271 cm³/mol. The smallest absolute Gasteiger partial charge is 0.748 e. The van der Waals surface area contributed by atoms with Crippen LogP contribution in [-0.2, 0) is 32.5 Å². The summed E-state index contributed by atoms with van der Waals surface area (Å²) < 4.78 is 27.2. The van der Waals surface area contributed by atoms with Crippen molar-refractivity contribution in [2.45, 2.75) is 0 Å². The zero-order valence-corrected chi connectivity index (χ0v) is 41.2. The van der Waals surface area contributed by atoms with Crippen LogP contribution in [0.2, 0.25) is 0 Å². The third kappa shape index (κ3) is 16.4. The summed E-state index contributed by atoms with van der Waals surface area (Å²) in [5.41, 5.74) is 0. The summed E-state index contributed by atoms with van der Waals surface area (Å²) in [6.45, 7) is 0. The maximum absolute atomic E-state index is 9.08. The maximum Gasteiger partial charge on any atom is 1.00 e. The van der Waals surface area contributed by atoms with Gasteiger partial charge < -0.3 is 4.55 Å². The van der Waals surface area contributed by atoms with E-state index in [-0.39, 0.29) is 54.1 Å². The molecule has 0 N–H and O–H groups in total. The second kappa shape index (κ2) is 26.7. The number of hydrogen-bond donors (Lipinski definition) is 0. The molecule has 318 valence electrons. The summed E-state index contributed by atoms with van der Waals surface area (Å²) in [5, 5.41) is 11.8. The number of rotatable bonds is 14. The molecule has 0 unspecified atom stereocenters. The normalized spacial score (nSPS) is 10.9. The number of benzene rings is 8. The Kier molecular flexibility index (Phi) is 21.2. The Bertz CT molecular complexity index is 2010. The van der Waals surface area contributed by atoms with E-state index >= 15 is 0 Å². The molecular weight excluding hydrogens is 1040 g/mol. The third-order valence-corrected chi connectivity index (χ3v) is 20.4. The molecule has 0 aliphatic heterocycles. The van der Waals surface area contributed by atoms with Crippen molar-refractivity contribution in [2.75, 3.05) is 30.9 Å². The Morgan fingerprint density at radius 3 is 0.484 bits per heavy atom. The van der Waals surface area contributed by atoms with Crippen LogP contribution in [0.1, 0.15) is 0 Å². The number of hydrogen-bond acceptors (Lipinski definition) is 3. The van der Waals surface area contributed by atoms with E-state index in [2.05, 4.69) is 243 Å². The molecule has 0 fully saturated rings. The van der Waals surface area contributed by atoms with Gasteiger partial charge in [-0.25, -0.2) is 8.42 Å². The summed E-state index contributed by atoms with van der Waals surface area (Å²) in [6, 6.07) is 88.4. The molecular formula is C53H51AuO3P4S. The molecule has 0 saturated carbocycles. The maximum atomic E-state index is 9.08. The average Bonchev–Trinajstić information content (AvgIpc) is 3.31. The van der Waals surface area contributed by atoms with E-state index in [1.165, 1.54) is 67.1 Å². The standard InChI is InChI=1S/2C26H24P2.CH4O3S.Au/c2*1-5-13-23(14-6-1)27(24-15-7-2-8-16-24)21-22-28(25-17-9-3-10-18-25)26-19-11-4-12-20-26;1-5(2,3)4;/h2*1-20H,21-22H2;1H3,(H,2,3,4);/q;;;+1/p-1. The van der Waals surface area contributed by atoms with Crippen LogP contribution in [0.25, 0.3) is 0 Å². The molecule has 9 heteroatoms. The molecule has 8 aromatic rings. The monoisotopic (exact) mass is 1090 g/mol. The van der Waals surface area contributed by atoms with Crippen LogP contribution < -0.4 is 42.4 Å². The minimum Gasteiger partial charge on any atom is -0.748 e. The first-order chi connectivity index (χ1) is 29.8. The van der Waals surface area contributed by atoms with Gasteiger partial charge in [0.05, 0.1) is 10.1 Å². The average molecular weight is 1090 g/mol. The quantitative estimate of drug-likeness (QED) is 0.0620. The van der Waals surface area contributed by atoms with Crippen molar-refractivity contribution in [3.05, 3.63) is 243 Å². The molecule has 8 rings (SSSR count). The molecule has 0 radical (unpaired) electrons. The van der Waals surface area contributed by atoms with E-state index in [0.717, 1.165) is 0 Å². The van der Waals surface area contributed by atoms with Crippen LogP contribution in [0.15, 0.2) is 243 Å². The van der Waals surface area contributed by atoms with Crippen LogP contribution in [0.3, 0.4) is 0 Å². The summed E-state index contributed by atoms with van der Waals surface area (Å²) in [6.07, 6.45) is 5.43. The molecule has 3 nitrogen and oxygen atoms in total. The van der Waals surface area contributed by atoms with Crippen LogP contribution in [0.5, 0.6) is 0 Å². The summed E-state index contributed by atoms with van der Waals surface area (Å²) >= 11 is 0. The Balaban J connectivity index is 0.000000208. The van der Waals surface area contributed by atoms with Crippen LogP contribution in [-0.4, -0.2) is 43.9 Å². The molecule has 0 aliphatic carbocycles. The first-order valence-corrected chi connectivity index (χ1v) is 28.2. The fraction of sp³-hybridized carbons (Fsp3) is 0.0943. The van der Waals surface area contributed by atoms with Gasteiger partial charge in [0.15, 0.2) is 0 Å². The summed E-state index contributed by atoms with van der Waals surface area (Å²) in [7, 11) is -5.31. The van der Waals surface area contributed by atoms with E-state index in [0.29, 0.717) is 6.26 Å². The van der Waals surface area contributed by atoms with Crippen molar-refractivity contribution in [1.82, 2.24) is 0 Å². The van der Waals surface area contributed by atoms with Gasteiger partial charge in [0.2, 0.25) is 0 Å². The molecule has 0 saturated heterocycles. The van der Waals surface area contributed by atoms with Crippen molar-refractivity contribution in [2.24, 2.45) is 0 Å². The second-order valence-electron chi connectivity index (χ2n) is 14.0. The molecule has 8 aromatic carbocycles. The van der Waals surface area contributed by atoms with Crippen molar-refractivity contribution in [1.29, 1.82) is 0 Å². The first-order valence-electron chi connectivity index (χ1n) is 20.2. The molecule has 0 heterocycles. The van der Waals surface area contributed by atoms with E-state index in [9.17, 15) is 0 Å². The van der Waals surface area contributed by atoms with Gasteiger partial charge in [-0.2, -0.15) is 0 Å². The van der Waals surface area contributed by atoms with E-state index in [4.69, 9.17) is 13.0 Å². The van der Waals surface area contributed by atoms with E-state index in [1.807, 2.05) is 0 Å². The Hall–Kier alpha value is -3.87. The van der Waals surface area contributed by atoms with Crippen molar-refractivity contribution >= 4 is 84.2 Å². The van der Waals surface area contributed by atoms with Crippen molar-refractivity contribution in [3.8, 4) is 0 Å². The summed E-state index contributed by atoms with van der Waals surface area (Å²) in [4.78, 5) is 0. The third-order valence-electron chi connectivity index (χ3n) is 9.64. The predicted octanol–water partition coefficient (Wildman–Crippen LogP) is 9.66. The zero-order valence-electron chi connectivity index (χ0n) is 34.6. The second-order valence-corrected chi connectivity index (χ2v) is 24.7. The van der Waals surface area contributed by atoms with Gasteiger partial charge in [0.1, 0.15) is 0 Å². The first kappa shape index (κ1) is 49.2. The summed E-state index contributed by atoms with van der Waals surface area (Å²) in [5.74, 6) is 0. The Labute approximate surface area is 390 Å². The topological polar surface area (TPSA) is 57.2 Å². The van der Waals surface area contributed by atoms with Gasteiger partial charge >= 0.3 is 22.4 Å². The minimum atomic E-state index is -3.92. The SMILES string of the molecule is CS(=O)(=O)[O-].[Au+].c1ccc(P(CCP(c2ccccc2)c2ccccc2)c2ccccc2)cc1.c1ccc(P(CCP(c2ccccc2)c2ccccc2)c2ccccc2)cc1. The van der Waals surface area contributed by atoms with Crippen molar-refractivity contribution in [3.63, 3.8) is 0 Å². The molecule has 0 bridgehead atoms. The van der Waals surface area contributed by atoms with Gasteiger partial charge in [-0.05, 0) is 98.8 Å². The van der Waals surface area contributed by atoms with Gasteiger partial charge in [-0.15, -0.1) is 0 Å². The fourth-order valence-electron chi connectivity index (χ4n) is 6.89.